The fourth-order valence-electron chi connectivity index (χ4n) is 3.94. The molecule has 1 aromatic rings. The molecular formula is C18H27FN2. The van der Waals surface area contributed by atoms with Crippen LogP contribution in [0.15, 0.2) is 24.3 Å². The zero-order valence-electron chi connectivity index (χ0n) is 13.3. The predicted molar refractivity (Wildman–Crippen MR) is 84.7 cm³/mol. The van der Waals surface area contributed by atoms with Gasteiger partial charge in [-0.1, -0.05) is 31.9 Å². The largest absolute Gasteiger partial charge is 0.308 e. The van der Waals surface area contributed by atoms with Gasteiger partial charge < -0.3 is 5.32 Å². The Morgan fingerprint density at radius 1 is 1.29 bits per heavy atom. The summed E-state index contributed by atoms with van der Waals surface area (Å²) in [7, 11) is 0. The van der Waals surface area contributed by atoms with Crippen LogP contribution in [0.25, 0.3) is 0 Å². The molecule has 0 amide bonds. The van der Waals surface area contributed by atoms with Crippen molar-refractivity contribution in [3.8, 4) is 0 Å². The van der Waals surface area contributed by atoms with Crippen LogP contribution < -0.4 is 5.32 Å². The number of nitrogens with one attached hydrogen (secondary N) is 1. The first-order valence-corrected chi connectivity index (χ1v) is 8.30. The molecule has 1 heterocycles. The van der Waals surface area contributed by atoms with Gasteiger partial charge in [-0.25, -0.2) is 4.39 Å². The van der Waals surface area contributed by atoms with Crippen LogP contribution in [0, 0.1) is 5.82 Å². The van der Waals surface area contributed by atoms with Crippen LogP contribution in [0.5, 0.6) is 0 Å². The van der Waals surface area contributed by atoms with Crippen molar-refractivity contribution in [2.24, 2.45) is 0 Å². The van der Waals surface area contributed by atoms with Crippen molar-refractivity contribution in [1.29, 1.82) is 0 Å². The Bertz CT molecular complexity index is 496. The van der Waals surface area contributed by atoms with E-state index >= 15 is 0 Å². The van der Waals surface area contributed by atoms with Gasteiger partial charge in [0, 0.05) is 30.7 Å². The average molecular weight is 290 g/mol. The second-order valence-corrected chi connectivity index (χ2v) is 7.18. The predicted octanol–water partition coefficient (Wildman–Crippen LogP) is 3.71. The molecule has 1 N–H and O–H groups in total. The monoisotopic (exact) mass is 290 g/mol. The summed E-state index contributed by atoms with van der Waals surface area (Å²) >= 11 is 0. The molecule has 21 heavy (non-hydrogen) atoms. The number of hydrogen-bond acceptors (Lipinski definition) is 2. The molecule has 3 heteroatoms. The molecule has 0 aromatic heterocycles. The summed E-state index contributed by atoms with van der Waals surface area (Å²) in [5.74, 6) is -0.128. The molecule has 3 rings (SSSR count). The lowest BCUT2D eigenvalue weighted by atomic mass is 9.84. The van der Waals surface area contributed by atoms with Crippen molar-refractivity contribution in [3.63, 3.8) is 0 Å². The van der Waals surface area contributed by atoms with Gasteiger partial charge in [-0.3, -0.25) is 4.90 Å². The van der Waals surface area contributed by atoms with Crippen molar-refractivity contribution in [2.75, 3.05) is 13.1 Å². The number of benzene rings is 1. The normalized spacial score (nSPS) is 29.1. The first-order chi connectivity index (χ1) is 10.1. The van der Waals surface area contributed by atoms with Crippen LogP contribution in [0.1, 0.15) is 51.5 Å². The molecule has 2 aliphatic rings. The summed E-state index contributed by atoms with van der Waals surface area (Å²) < 4.78 is 13.5. The Balaban J connectivity index is 1.80. The van der Waals surface area contributed by atoms with E-state index in [1.165, 1.54) is 31.7 Å². The standard InChI is InChI=1S/C18H27FN2/c1-3-17(2)13-20-18(9-4-5-10-18)14-21(17)12-15-7-6-8-16(19)11-15/h6-8,11,20H,3-5,9-10,12-14H2,1-2H3. The molecule has 1 atom stereocenters. The van der Waals surface area contributed by atoms with Gasteiger partial charge in [-0.05, 0) is 43.9 Å². The second kappa shape index (κ2) is 5.69. The van der Waals surface area contributed by atoms with E-state index in [1.54, 1.807) is 6.07 Å². The first-order valence-electron chi connectivity index (χ1n) is 8.30. The zero-order valence-corrected chi connectivity index (χ0v) is 13.3. The second-order valence-electron chi connectivity index (χ2n) is 7.18. The van der Waals surface area contributed by atoms with Gasteiger partial charge in [0.15, 0.2) is 0 Å². The van der Waals surface area contributed by atoms with E-state index in [2.05, 4.69) is 24.1 Å². The maximum absolute atomic E-state index is 13.5. The van der Waals surface area contributed by atoms with Crippen molar-refractivity contribution >= 4 is 0 Å². The van der Waals surface area contributed by atoms with Crippen LogP contribution in [0.3, 0.4) is 0 Å². The molecule has 2 nitrogen and oxygen atoms in total. The van der Waals surface area contributed by atoms with E-state index in [0.29, 0.717) is 5.54 Å². The van der Waals surface area contributed by atoms with Crippen molar-refractivity contribution in [2.45, 2.75) is 63.6 Å². The maximum atomic E-state index is 13.5. The van der Waals surface area contributed by atoms with Crippen LogP contribution in [-0.4, -0.2) is 29.1 Å². The van der Waals surface area contributed by atoms with Crippen LogP contribution >= 0.6 is 0 Å². The summed E-state index contributed by atoms with van der Waals surface area (Å²) in [5, 5.41) is 3.85. The lowest BCUT2D eigenvalue weighted by molar-refractivity contribution is 0.00773. The Hall–Kier alpha value is -0.930. The molecule has 1 aromatic carbocycles. The average Bonchev–Trinajstić information content (AvgIpc) is 2.92. The van der Waals surface area contributed by atoms with Gasteiger partial charge in [0.25, 0.3) is 0 Å². The van der Waals surface area contributed by atoms with Gasteiger partial charge in [0.2, 0.25) is 0 Å². The molecule has 1 saturated carbocycles. The molecule has 1 saturated heterocycles. The van der Waals surface area contributed by atoms with Crippen molar-refractivity contribution in [3.05, 3.63) is 35.6 Å². The minimum atomic E-state index is -0.128. The number of rotatable bonds is 3. The minimum Gasteiger partial charge on any atom is -0.308 e. The van der Waals surface area contributed by atoms with Gasteiger partial charge >= 0.3 is 0 Å². The van der Waals surface area contributed by atoms with Crippen LogP contribution in [0.4, 0.5) is 4.39 Å². The molecule has 116 valence electrons. The molecular weight excluding hydrogens is 263 g/mol. The quantitative estimate of drug-likeness (QED) is 0.913. The van der Waals surface area contributed by atoms with Crippen molar-refractivity contribution in [1.82, 2.24) is 10.2 Å². The van der Waals surface area contributed by atoms with E-state index in [0.717, 1.165) is 31.6 Å². The SMILES string of the molecule is CCC1(C)CNC2(CCCC2)CN1Cc1cccc(F)c1. The summed E-state index contributed by atoms with van der Waals surface area (Å²) in [6.45, 7) is 7.58. The number of hydrogen-bond donors (Lipinski definition) is 1. The Morgan fingerprint density at radius 3 is 2.71 bits per heavy atom. The van der Waals surface area contributed by atoms with Gasteiger partial charge in [0.05, 0.1) is 0 Å². The third-order valence-corrected chi connectivity index (χ3v) is 5.69. The minimum absolute atomic E-state index is 0.128. The highest BCUT2D eigenvalue weighted by Crippen LogP contribution is 2.37. The molecule has 1 aliphatic carbocycles. The summed E-state index contributed by atoms with van der Waals surface area (Å²) in [4.78, 5) is 2.59. The van der Waals surface area contributed by atoms with Gasteiger partial charge in [-0.2, -0.15) is 0 Å². The van der Waals surface area contributed by atoms with Gasteiger partial charge in [-0.15, -0.1) is 0 Å². The Morgan fingerprint density at radius 2 is 2.05 bits per heavy atom. The van der Waals surface area contributed by atoms with Crippen molar-refractivity contribution < 1.29 is 4.39 Å². The number of piperazine rings is 1. The maximum Gasteiger partial charge on any atom is 0.123 e. The zero-order chi connectivity index (χ0) is 14.9. The molecule has 1 spiro atoms. The number of halogens is 1. The fraction of sp³-hybridized carbons (Fsp3) is 0.667. The molecule has 1 aliphatic heterocycles. The summed E-state index contributed by atoms with van der Waals surface area (Å²) in [6.07, 6.45) is 6.36. The van der Waals surface area contributed by atoms with E-state index in [9.17, 15) is 4.39 Å². The van der Waals surface area contributed by atoms with Gasteiger partial charge in [0.1, 0.15) is 5.82 Å². The number of nitrogens with zero attached hydrogens (tertiary/aromatic N) is 1. The Kier molecular flexibility index (Phi) is 4.06. The molecule has 0 bridgehead atoms. The molecule has 2 fully saturated rings. The van der Waals surface area contributed by atoms with E-state index in [-0.39, 0.29) is 11.4 Å². The van der Waals surface area contributed by atoms with Crippen LogP contribution in [-0.2, 0) is 6.54 Å². The van der Waals surface area contributed by atoms with E-state index in [1.807, 2.05) is 12.1 Å². The lowest BCUT2D eigenvalue weighted by Crippen LogP contribution is -2.67. The summed E-state index contributed by atoms with van der Waals surface area (Å²) in [5.41, 5.74) is 1.56. The first kappa shape index (κ1) is 15.0. The van der Waals surface area contributed by atoms with E-state index in [4.69, 9.17) is 0 Å². The van der Waals surface area contributed by atoms with E-state index < -0.39 is 0 Å². The molecule has 0 radical (unpaired) electrons. The smallest absolute Gasteiger partial charge is 0.123 e. The molecule has 1 unspecified atom stereocenters. The Labute approximate surface area is 127 Å². The highest BCUT2D eigenvalue weighted by atomic mass is 19.1. The van der Waals surface area contributed by atoms with Crippen LogP contribution in [0.2, 0.25) is 0 Å². The fourth-order valence-corrected chi connectivity index (χ4v) is 3.94. The summed E-state index contributed by atoms with van der Waals surface area (Å²) in [6, 6.07) is 7.07. The highest BCUT2D eigenvalue weighted by molar-refractivity contribution is 5.17. The third-order valence-electron chi connectivity index (χ3n) is 5.69. The third kappa shape index (κ3) is 3.00. The lowest BCUT2D eigenvalue weighted by Gasteiger charge is -2.52. The topological polar surface area (TPSA) is 15.3 Å². The highest BCUT2D eigenvalue weighted by Gasteiger charge is 2.45.